The molecule has 0 unspecified atom stereocenters. The maximum absolute atomic E-state index is 13.1. The molecule has 1 amide bonds. The van der Waals surface area contributed by atoms with Gasteiger partial charge >= 0.3 is 0 Å². The standard InChI is InChI=1S/C28H20FNO3/c29-23-12-8-20(9-13-23)18-33-24-14-15-26-25(16-24)27(31)28(32)30(26)17-19-6-10-22(11-7-19)21-4-2-1-3-5-21/h1-16H,17-18H2. The smallest absolute Gasteiger partial charge is 0.299 e. The van der Waals surface area contributed by atoms with Gasteiger partial charge in [0, 0.05) is 0 Å². The Balaban J connectivity index is 1.32. The largest absolute Gasteiger partial charge is 0.489 e. The van der Waals surface area contributed by atoms with Crippen molar-refractivity contribution >= 4 is 17.4 Å². The third-order valence-corrected chi connectivity index (χ3v) is 5.66. The van der Waals surface area contributed by atoms with E-state index in [9.17, 15) is 14.0 Å². The van der Waals surface area contributed by atoms with Crippen LogP contribution < -0.4 is 9.64 Å². The first kappa shape index (κ1) is 20.6. The molecule has 0 fully saturated rings. The quantitative estimate of drug-likeness (QED) is 0.358. The molecule has 4 aromatic rings. The molecule has 33 heavy (non-hydrogen) atoms. The lowest BCUT2D eigenvalue weighted by molar-refractivity contribution is -0.114. The Bertz CT molecular complexity index is 1320. The van der Waals surface area contributed by atoms with Gasteiger partial charge in [0.2, 0.25) is 0 Å². The lowest BCUT2D eigenvalue weighted by atomic mass is 10.0. The summed E-state index contributed by atoms with van der Waals surface area (Å²) in [6.45, 7) is 0.543. The molecule has 0 spiro atoms. The van der Waals surface area contributed by atoms with E-state index in [2.05, 4.69) is 0 Å². The van der Waals surface area contributed by atoms with Gasteiger partial charge in [0.15, 0.2) is 0 Å². The number of ether oxygens (including phenoxy) is 1. The highest BCUT2D eigenvalue weighted by atomic mass is 19.1. The first-order valence-electron chi connectivity index (χ1n) is 10.6. The fraction of sp³-hybridized carbons (Fsp3) is 0.0714. The molecule has 1 aliphatic heterocycles. The molecular weight excluding hydrogens is 417 g/mol. The van der Waals surface area contributed by atoms with Crippen LogP contribution in [0.5, 0.6) is 5.75 Å². The normalized spacial score (nSPS) is 12.7. The van der Waals surface area contributed by atoms with Crippen LogP contribution in [-0.2, 0) is 17.9 Å². The van der Waals surface area contributed by atoms with Gasteiger partial charge in [0.1, 0.15) is 18.2 Å². The lowest BCUT2D eigenvalue weighted by Crippen LogP contribution is -2.29. The average Bonchev–Trinajstić information content (AvgIpc) is 3.09. The van der Waals surface area contributed by atoms with Crippen molar-refractivity contribution in [2.24, 2.45) is 0 Å². The van der Waals surface area contributed by atoms with E-state index in [-0.39, 0.29) is 12.4 Å². The van der Waals surface area contributed by atoms with Crippen molar-refractivity contribution in [2.75, 3.05) is 4.90 Å². The van der Waals surface area contributed by atoms with Crippen molar-refractivity contribution in [1.29, 1.82) is 0 Å². The summed E-state index contributed by atoms with van der Waals surface area (Å²) in [4.78, 5) is 26.8. The third-order valence-electron chi connectivity index (χ3n) is 5.66. The Morgan fingerprint density at radius 2 is 1.39 bits per heavy atom. The molecule has 162 valence electrons. The summed E-state index contributed by atoms with van der Waals surface area (Å²) in [5.74, 6) is -0.922. The topological polar surface area (TPSA) is 46.6 Å². The van der Waals surface area contributed by atoms with E-state index >= 15 is 0 Å². The van der Waals surface area contributed by atoms with Crippen LogP contribution in [0.1, 0.15) is 21.5 Å². The Labute approximate surface area is 190 Å². The molecule has 0 aliphatic carbocycles. The predicted octanol–water partition coefficient (Wildman–Crippen LogP) is 5.80. The van der Waals surface area contributed by atoms with Gasteiger partial charge < -0.3 is 9.64 Å². The minimum atomic E-state index is -0.548. The second-order valence-electron chi connectivity index (χ2n) is 7.88. The highest BCUT2D eigenvalue weighted by Crippen LogP contribution is 2.33. The van der Waals surface area contributed by atoms with Crippen LogP contribution in [0.4, 0.5) is 10.1 Å². The summed E-state index contributed by atoms with van der Waals surface area (Å²) >= 11 is 0. The van der Waals surface area contributed by atoms with Gasteiger partial charge in [0.25, 0.3) is 11.7 Å². The highest BCUT2D eigenvalue weighted by Gasteiger charge is 2.36. The first-order valence-corrected chi connectivity index (χ1v) is 10.6. The van der Waals surface area contributed by atoms with Gasteiger partial charge in [0.05, 0.1) is 17.8 Å². The van der Waals surface area contributed by atoms with Gasteiger partial charge in [-0.1, -0.05) is 66.7 Å². The van der Waals surface area contributed by atoms with Gasteiger partial charge in [-0.3, -0.25) is 9.59 Å². The van der Waals surface area contributed by atoms with Crippen LogP contribution in [0, 0.1) is 5.82 Å². The van der Waals surface area contributed by atoms with Crippen molar-refractivity contribution in [2.45, 2.75) is 13.2 Å². The number of Topliss-reactive ketones (excluding diaryl/α,β-unsaturated/α-hetero) is 1. The van der Waals surface area contributed by atoms with Crippen molar-refractivity contribution in [3.8, 4) is 16.9 Å². The number of rotatable bonds is 6. The minimum Gasteiger partial charge on any atom is -0.489 e. The Kier molecular flexibility index (Phi) is 5.45. The fourth-order valence-electron chi connectivity index (χ4n) is 3.89. The second kappa shape index (κ2) is 8.71. The van der Waals surface area contributed by atoms with Crippen LogP contribution in [0.2, 0.25) is 0 Å². The number of hydrogen-bond donors (Lipinski definition) is 0. The number of fused-ring (bicyclic) bond motifs is 1. The molecule has 5 heteroatoms. The van der Waals surface area contributed by atoms with Crippen molar-refractivity contribution < 1.29 is 18.7 Å². The maximum atomic E-state index is 13.1. The van der Waals surface area contributed by atoms with Gasteiger partial charge in [-0.15, -0.1) is 0 Å². The molecule has 0 N–H and O–H groups in total. The Morgan fingerprint density at radius 1 is 0.727 bits per heavy atom. The van der Waals surface area contributed by atoms with E-state index in [1.54, 1.807) is 30.3 Å². The van der Waals surface area contributed by atoms with E-state index in [0.29, 0.717) is 23.5 Å². The van der Waals surface area contributed by atoms with E-state index in [1.807, 2.05) is 54.6 Å². The van der Waals surface area contributed by atoms with Crippen LogP contribution in [0.25, 0.3) is 11.1 Å². The zero-order chi connectivity index (χ0) is 22.8. The number of hydrogen-bond acceptors (Lipinski definition) is 3. The number of halogens is 1. The number of anilines is 1. The zero-order valence-electron chi connectivity index (χ0n) is 17.7. The van der Waals surface area contributed by atoms with E-state index < -0.39 is 11.7 Å². The predicted molar refractivity (Wildman–Crippen MR) is 125 cm³/mol. The molecule has 0 aromatic heterocycles. The molecule has 0 atom stereocenters. The SMILES string of the molecule is O=C1C(=O)N(Cc2ccc(-c3ccccc3)cc2)c2ccc(OCc3ccc(F)cc3)cc21. The molecule has 5 rings (SSSR count). The van der Waals surface area contributed by atoms with Crippen molar-refractivity contribution in [3.63, 3.8) is 0 Å². The summed E-state index contributed by atoms with van der Waals surface area (Å²) in [6.07, 6.45) is 0. The number of benzene rings is 4. The van der Waals surface area contributed by atoms with E-state index in [1.165, 1.54) is 17.0 Å². The monoisotopic (exact) mass is 437 g/mol. The van der Waals surface area contributed by atoms with Crippen molar-refractivity contribution in [1.82, 2.24) is 0 Å². The average molecular weight is 437 g/mol. The zero-order valence-corrected chi connectivity index (χ0v) is 17.7. The summed E-state index contributed by atoms with van der Waals surface area (Å²) in [5, 5.41) is 0. The van der Waals surface area contributed by atoms with Crippen LogP contribution in [-0.4, -0.2) is 11.7 Å². The summed E-state index contributed by atoms with van der Waals surface area (Å²) in [5.41, 5.74) is 4.85. The van der Waals surface area contributed by atoms with Gasteiger partial charge in [-0.25, -0.2) is 4.39 Å². The summed E-state index contributed by atoms with van der Waals surface area (Å²) in [6, 6.07) is 29.1. The second-order valence-corrected chi connectivity index (χ2v) is 7.88. The summed E-state index contributed by atoms with van der Waals surface area (Å²) in [7, 11) is 0. The maximum Gasteiger partial charge on any atom is 0.299 e. The number of ketones is 1. The van der Waals surface area contributed by atoms with Crippen LogP contribution in [0.3, 0.4) is 0 Å². The van der Waals surface area contributed by atoms with E-state index in [0.717, 1.165) is 22.3 Å². The highest BCUT2D eigenvalue weighted by molar-refractivity contribution is 6.52. The minimum absolute atomic E-state index is 0.235. The number of carbonyl (C=O) groups is 2. The molecule has 1 aliphatic rings. The van der Waals surface area contributed by atoms with Crippen LogP contribution in [0.15, 0.2) is 97.1 Å². The Morgan fingerprint density at radius 3 is 2.12 bits per heavy atom. The molecule has 4 aromatic carbocycles. The molecule has 0 saturated carbocycles. The molecule has 0 radical (unpaired) electrons. The van der Waals surface area contributed by atoms with Gasteiger partial charge in [-0.2, -0.15) is 0 Å². The van der Waals surface area contributed by atoms with Crippen LogP contribution >= 0.6 is 0 Å². The molecule has 4 nitrogen and oxygen atoms in total. The molecular formula is C28H20FNO3. The van der Waals surface area contributed by atoms with Gasteiger partial charge in [-0.05, 0) is 52.6 Å². The first-order chi connectivity index (χ1) is 16.1. The molecule has 0 bridgehead atoms. The lowest BCUT2D eigenvalue weighted by Gasteiger charge is -2.17. The summed E-state index contributed by atoms with van der Waals surface area (Å²) < 4.78 is 18.8. The van der Waals surface area contributed by atoms with E-state index in [4.69, 9.17) is 4.74 Å². The van der Waals surface area contributed by atoms with Crippen molar-refractivity contribution in [3.05, 3.63) is 120 Å². The Hall–Kier alpha value is -4.25. The third kappa shape index (κ3) is 4.26. The fourth-order valence-corrected chi connectivity index (χ4v) is 3.89. The molecule has 0 saturated heterocycles. The number of carbonyl (C=O) groups excluding carboxylic acids is 2. The molecule has 1 heterocycles. The number of amides is 1. The number of nitrogens with zero attached hydrogens (tertiary/aromatic N) is 1.